The summed E-state index contributed by atoms with van der Waals surface area (Å²) in [5.41, 5.74) is 6.60. The molecule has 8 heteroatoms. The van der Waals surface area contributed by atoms with Gasteiger partial charge in [0.2, 0.25) is 17.6 Å². The lowest BCUT2D eigenvalue weighted by Gasteiger charge is -2.13. The molecule has 24 heavy (non-hydrogen) atoms. The highest BCUT2D eigenvalue weighted by Crippen LogP contribution is 2.19. The Morgan fingerprint density at radius 3 is 2.83 bits per heavy atom. The Morgan fingerprint density at radius 1 is 1.42 bits per heavy atom. The quantitative estimate of drug-likeness (QED) is 0.778. The maximum absolute atomic E-state index is 11.8. The molecule has 0 fully saturated rings. The van der Waals surface area contributed by atoms with Crippen LogP contribution in [-0.2, 0) is 11.2 Å². The van der Waals surface area contributed by atoms with E-state index in [0.717, 1.165) is 5.56 Å². The van der Waals surface area contributed by atoms with E-state index < -0.39 is 6.04 Å². The number of amides is 1. The Hall–Kier alpha value is -1.63. The lowest BCUT2D eigenvalue weighted by molar-refractivity contribution is -0.122. The van der Waals surface area contributed by atoms with Crippen LogP contribution in [0.25, 0.3) is 11.4 Å². The molecular weight excluding hydrogens is 351 g/mol. The molecule has 1 atom stereocenters. The minimum absolute atomic E-state index is 0. The molecule has 0 spiro atoms. The summed E-state index contributed by atoms with van der Waals surface area (Å²) in [5.74, 6) is 1.16. The highest BCUT2D eigenvalue weighted by molar-refractivity contribution is 6.30. The molecule has 2 aromatic rings. The van der Waals surface area contributed by atoms with E-state index in [9.17, 15) is 4.79 Å². The second-order valence-electron chi connectivity index (χ2n) is 5.80. The van der Waals surface area contributed by atoms with Crippen LogP contribution in [0.15, 0.2) is 28.8 Å². The van der Waals surface area contributed by atoms with Crippen LogP contribution in [0.5, 0.6) is 0 Å². The van der Waals surface area contributed by atoms with Gasteiger partial charge < -0.3 is 15.6 Å². The first kappa shape index (κ1) is 20.4. The molecule has 0 radical (unpaired) electrons. The van der Waals surface area contributed by atoms with Gasteiger partial charge in [0.15, 0.2) is 0 Å². The highest BCUT2D eigenvalue weighted by atomic mass is 35.5. The fourth-order valence-electron chi connectivity index (χ4n) is 2.14. The van der Waals surface area contributed by atoms with Crippen molar-refractivity contribution in [2.24, 2.45) is 11.7 Å². The summed E-state index contributed by atoms with van der Waals surface area (Å²) in [5, 5.41) is 7.31. The van der Waals surface area contributed by atoms with Gasteiger partial charge in [-0.3, -0.25) is 4.79 Å². The van der Waals surface area contributed by atoms with E-state index in [0.29, 0.717) is 42.0 Å². The maximum Gasteiger partial charge on any atom is 0.236 e. The van der Waals surface area contributed by atoms with Gasteiger partial charge in [-0.2, -0.15) is 4.98 Å². The molecule has 6 nitrogen and oxygen atoms in total. The lowest BCUT2D eigenvalue weighted by atomic mass is 10.0. The molecule has 0 saturated carbocycles. The smallest absolute Gasteiger partial charge is 0.236 e. The van der Waals surface area contributed by atoms with Crippen molar-refractivity contribution in [1.82, 2.24) is 15.5 Å². The number of rotatable bonds is 7. The van der Waals surface area contributed by atoms with Crippen LogP contribution >= 0.6 is 24.0 Å². The van der Waals surface area contributed by atoms with Crippen molar-refractivity contribution in [1.29, 1.82) is 0 Å². The van der Waals surface area contributed by atoms with Gasteiger partial charge in [-0.1, -0.05) is 42.7 Å². The maximum atomic E-state index is 11.8. The number of benzene rings is 1. The van der Waals surface area contributed by atoms with E-state index in [1.807, 2.05) is 26.0 Å². The van der Waals surface area contributed by atoms with E-state index in [-0.39, 0.29) is 18.3 Å². The first-order valence-electron chi connectivity index (χ1n) is 7.57. The van der Waals surface area contributed by atoms with Crippen LogP contribution in [0.4, 0.5) is 0 Å². The number of aromatic nitrogens is 2. The molecule has 1 aromatic heterocycles. The zero-order valence-corrected chi connectivity index (χ0v) is 15.2. The van der Waals surface area contributed by atoms with Gasteiger partial charge in [0.1, 0.15) is 0 Å². The van der Waals surface area contributed by atoms with E-state index >= 15 is 0 Å². The molecule has 1 aromatic carbocycles. The molecule has 0 saturated heterocycles. The monoisotopic (exact) mass is 372 g/mol. The molecule has 1 heterocycles. The van der Waals surface area contributed by atoms with Crippen molar-refractivity contribution in [2.45, 2.75) is 32.7 Å². The molecule has 2 rings (SSSR count). The summed E-state index contributed by atoms with van der Waals surface area (Å²) in [4.78, 5) is 16.1. The third-order valence-corrected chi connectivity index (χ3v) is 3.49. The first-order chi connectivity index (χ1) is 11.0. The molecule has 3 N–H and O–H groups in total. The van der Waals surface area contributed by atoms with Gasteiger partial charge in [0.05, 0.1) is 6.04 Å². The number of carbonyl (C=O) groups is 1. The average Bonchev–Trinajstić information content (AvgIpc) is 2.95. The van der Waals surface area contributed by atoms with Gasteiger partial charge in [0, 0.05) is 23.6 Å². The van der Waals surface area contributed by atoms with Crippen molar-refractivity contribution in [3.8, 4) is 11.4 Å². The van der Waals surface area contributed by atoms with E-state index in [4.69, 9.17) is 21.9 Å². The summed E-state index contributed by atoms with van der Waals surface area (Å²) in [6.07, 6.45) is 1.11. The number of carbonyl (C=O) groups excluding carboxylic acids is 1. The summed E-state index contributed by atoms with van der Waals surface area (Å²) >= 11 is 5.94. The lowest BCUT2D eigenvalue weighted by Crippen LogP contribution is -2.42. The van der Waals surface area contributed by atoms with Crippen molar-refractivity contribution in [3.05, 3.63) is 35.2 Å². The van der Waals surface area contributed by atoms with Gasteiger partial charge in [-0.05, 0) is 24.5 Å². The second-order valence-corrected chi connectivity index (χ2v) is 6.24. The Morgan fingerprint density at radius 2 is 2.17 bits per heavy atom. The number of nitrogens with zero attached hydrogens (tertiary/aromatic N) is 2. The van der Waals surface area contributed by atoms with Gasteiger partial charge in [0.25, 0.3) is 0 Å². The molecular formula is C16H22Cl2N4O2. The Bertz CT molecular complexity index is 661. The van der Waals surface area contributed by atoms with Crippen LogP contribution in [0.3, 0.4) is 0 Å². The Balaban J connectivity index is 0.00000288. The normalized spacial score (nSPS) is 11.9. The molecule has 132 valence electrons. The Labute approximate surface area is 152 Å². The molecule has 1 amide bonds. The largest absolute Gasteiger partial charge is 0.354 e. The topological polar surface area (TPSA) is 94.0 Å². The minimum Gasteiger partial charge on any atom is -0.354 e. The number of halogens is 2. The molecule has 0 aliphatic rings. The fourth-order valence-corrected chi connectivity index (χ4v) is 2.33. The van der Waals surface area contributed by atoms with Crippen LogP contribution in [0, 0.1) is 5.92 Å². The predicted octanol–water partition coefficient (Wildman–Crippen LogP) is 2.84. The van der Waals surface area contributed by atoms with Crippen molar-refractivity contribution in [3.63, 3.8) is 0 Å². The first-order valence-corrected chi connectivity index (χ1v) is 7.95. The molecule has 0 aliphatic heterocycles. The fraction of sp³-hybridized carbons (Fsp3) is 0.438. The van der Waals surface area contributed by atoms with Crippen molar-refractivity contribution in [2.75, 3.05) is 6.54 Å². The zero-order chi connectivity index (χ0) is 16.8. The second kappa shape index (κ2) is 9.61. The number of nitrogens with two attached hydrogens (primary N) is 1. The average molecular weight is 373 g/mol. The van der Waals surface area contributed by atoms with Crippen molar-refractivity contribution < 1.29 is 9.32 Å². The molecule has 0 unspecified atom stereocenters. The third-order valence-electron chi connectivity index (χ3n) is 3.25. The Kier molecular flexibility index (Phi) is 8.18. The van der Waals surface area contributed by atoms with Gasteiger partial charge in [-0.25, -0.2) is 0 Å². The van der Waals surface area contributed by atoms with E-state index in [2.05, 4.69) is 15.5 Å². The van der Waals surface area contributed by atoms with Crippen LogP contribution in [0.1, 0.15) is 26.2 Å². The van der Waals surface area contributed by atoms with Crippen LogP contribution in [0.2, 0.25) is 5.02 Å². The summed E-state index contributed by atoms with van der Waals surface area (Å²) < 4.78 is 5.18. The number of hydrogen-bond donors (Lipinski definition) is 2. The van der Waals surface area contributed by atoms with Crippen molar-refractivity contribution >= 4 is 29.9 Å². The summed E-state index contributed by atoms with van der Waals surface area (Å²) in [6.45, 7) is 4.47. The summed E-state index contributed by atoms with van der Waals surface area (Å²) in [7, 11) is 0. The highest BCUT2D eigenvalue weighted by Gasteiger charge is 2.15. The van der Waals surface area contributed by atoms with Gasteiger partial charge >= 0.3 is 0 Å². The molecule has 0 bridgehead atoms. The third kappa shape index (κ3) is 6.11. The zero-order valence-electron chi connectivity index (χ0n) is 13.7. The SMILES string of the molecule is CC(C)C[C@H](N)C(=O)NCCc1nc(-c2cccc(Cl)c2)no1.Cl. The van der Waals surface area contributed by atoms with Crippen LogP contribution < -0.4 is 11.1 Å². The number of nitrogens with one attached hydrogen (secondary N) is 1. The predicted molar refractivity (Wildman–Crippen MR) is 96.1 cm³/mol. The van der Waals surface area contributed by atoms with E-state index in [1.54, 1.807) is 12.1 Å². The standard InChI is InChI=1S/C16H21ClN4O2.ClH/c1-10(2)8-13(18)16(22)19-7-6-14-20-15(21-23-14)11-4-3-5-12(17)9-11;/h3-5,9-10,13H,6-8,18H2,1-2H3,(H,19,22);1H/t13-;/m0./s1. The minimum atomic E-state index is -0.486. The number of hydrogen-bond acceptors (Lipinski definition) is 5. The molecule has 0 aliphatic carbocycles. The summed E-state index contributed by atoms with van der Waals surface area (Å²) in [6, 6.07) is 6.74. The van der Waals surface area contributed by atoms with Crippen LogP contribution in [-0.4, -0.2) is 28.6 Å². The van der Waals surface area contributed by atoms with Gasteiger partial charge in [-0.15, -0.1) is 12.4 Å². The van der Waals surface area contributed by atoms with E-state index in [1.165, 1.54) is 0 Å².